The lowest BCUT2D eigenvalue weighted by molar-refractivity contribution is -0.117. The molecule has 82 valence electrons. The second kappa shape index (κ2) is 4.54. The molecule has 1 heterocycles. The van der Waals surface area contributed by atoms with Gasteiger partial charge in [0.15, 0.2) is 0 Å². The summed E-state index contributed by atoms with van der Waals surface area (Å²) in [5.41, 5.74) is 1.36. The average Bonchev–Trinajstić information content (AvgIpc) is 2.71. The van der Waals surface area contributed by atoms with Crippen LogP contribution in [0.3, 0.4) is 0 Å². The first-order valence-electron chi connectivity index (χ1n) is 5.11. The number of benzene rings is 1. The summed E-state index contributed by atoms with van der Waals surface area (Å²) in [6, 6.07) is 9.15. The summed E-state index contributed by atoms with van der Waals surface area (Å²) in [5.74, 6) is 0.806. The second-order valence-corrected chi connectivity index (χ2v) is 4.20. The molecule has 3 nitrogen and oxygen atoms in total. The zero-order chi connectivity index (χ0) is 11.5. The van der Waals surface area contributed by atoms with Crippen LogP contribution in [0.1, 0.15) is 12.0 Å². The van der Waals surface area contributed by atoms with Crippen molar-refractivity contribution in [2.45, 2.75) is 6.42 Å². The van der Waals surface area contributed by atoms with Gasteiger partial charge in [0.1, 0.15) is 0 Å². The van der Waals surface area contributed by atoms with Crippen molar-refractivity contribution in [3.8, 4) is 6.07 Å². The van der Waals surface area contributed by atoms with E-state index >= 15 is 0 Å². The van der Waals surface area contributed by atoms with Gasteiger partial charge >= 0.3 is 0 Å². The van der Waals surface area contributed by atoms with Crippen molar-refractivity contribution in [1.29, 1.82) is 5.26 Å². The van der Waals surface area contributed by atoms with Crippen LogP contribution in [-0.4, -0.2) is 18.3 Å². The van der Waals surface area contributed by atoms with Crippen molar-refractivity contribution in [2.24, 2.45) is 5.92 Å². The van der Waals surface area contributed by atoms with Crippen LogP contribution in [0.15, 0.2) is 24.3 Å². The molecule has 0 radical (unpaired) electrons. The second-order valence-electron chi connectivity index (χ2n) is 3.89. The van der Waals surface area contributed by atoms with Crippen LogP contribution >= 0.6 is 11.6 Å². The quantitative estimate of drug-likeness (QED) is 0.736. The van der Waals surface area contributed by atoms with Crippen LogP contribution in [0.2, 0.25) is 0 Å². The van der Waals surface area contributed by atoms with E-state index in [9.17, 15) is 4.79 Å². The van der Waals surface area contributed by atoms with Crippen LogP contribution < -0.4 is 4.90 Å². The molecule has 1 atom stereocenters. The number of carbonyl (C=O) groups excluding carboxylic acids is 1. The number of nitrogens with zero attached hydrogens (tertiary/aromatic N) is 2. The third-order valence-corrected chi connectivity index (χ3v) is 3.15. The summed E-state index contributed by atoms with van der Waals surface area (Å²) < 4.78 is 0. The smallest absolute Gasteiger partial charge is 0.227 e. The first-order chi connectivity index (χ1) is 7.74. The molecule has 2 rings (SSSR count). The highest BCUT2D eigenvalue weighted by Gasteiger charge is 2.29. The number of rotatable bonds is 2. The molecule has 0 aromatic heterocycles. The fourth-order valence-corrected chi connectivity index (χ4v) is 2.08. The molecule has 1 aliphatic heterocycles. The maximum atomic E-state index is 11.7. The number of hydrogen-bond donors (Lipinski definition) is 0. The van der Waals surface area contributed by atoms with Gasteiger partial charge < -0.3 is 4.90 Å². The van der Waals surface area contributed by atoms with Gasteiger partial charge in [0.2, 0.25) is 5.91 Å². The Labute approximate surface area is 99.2 Å². The SMILES string of the molecule is N#Cc1cccc(N2CC(CCl)CC2=O)c1. The van der Waals surface area contributed by atoms with Gasteiger partial charge in [-0.15, -0.1) is 11.6 Å². The fraction of sp³-hybridized carbons (Fsp3) is 0.333. The van der Waals surface area contributed by atoms with E-state index in [-0.39, 0.29) is 11.8 Å². The molecule has 1 amide bonds. The Morgan fingerprint density at radius 1 is 1.56 bits per heavy atom. The van der Waals surface area contributed by atoms with Crippen LogP contribution in [0.5, 0.6) is 0 Å². The highest BCUT2D eigenvalue weighted by atomic mass is 35.5. The number of halogens is 1. The monoisotopic (exact) mass is 234 g/mol. The van der Waals surface area contributed by atoms with Gasteiger partial charge in [0, 0.05) is 24.5 Å². The molecular weight excluding hydrogens is 224 g/mol. The summed E-state index contributed by atoms with van der Waals surface area (Å²) in [6.45, 7) is 0.650. The predicted octanol–water partition coefficient (Wildman–Crippen LogP) is 2.15. The van der Waals surface area contributed by atoms with E-state index in [4.69, 9.17) is 16.9 Å². The van der Waals surface area contributed by atoms with E-state index in [1.807, 2.05) is 6.07 Å². The summed E-state index contributed by atoms with van der Waals surface area (Å²) in [5, 5.41) is 8.79. The normalized spacial score (nSPS) is 19.9. The Kier molecular flexibility index (Phi) is 3.12. The van der Waals surface area contributed by atoms with Gasteiger partial charge in [-0.2, -0.15) is 5.26 Å². The topological polar surface area (TPSA) is 44.1 Å². The molecule has 0 saturated carbocycles. The van der Waals surface area contributed by atoms with Crippen molar-refractivity contribution >= 4 is 23.2 Å². The van der Waals surface area contributed by atoms with E-state index < -0.39 is 0 Å². The maximum Gasteiger partial charge on any atom is 0.227 e. The minimum Gasteiger partial charge on any atom is -0.312 e. The minimum absolute atomic E-state index is 0.0840. The average molecular weight is 235 g/mol. The predicted molar refractivity (Wildman–Crippen MR) is 62.3 cm³/mol. The lowest BCUT2D eigenvalue weighted by Crippen LogP contribution is -2.24. The Morgan fingerprint density at radius 3 is 3.00 bits per heavy atom. The lowest BCUT2D eigenvalue weighted by Gasteiger charge is -2.16. The lowest BCUT2D eigenvalue weighted by atomic mass is 10.1. The first kappa shape index (κ1) is 11.0. The molecule has 1 saturated heterocycles. The molecule has 0 bridgehead atoms. The molecule has 0 aliphatic carbocycles. The number of nitriles is 1. The summed E-state index contributed by atoms with van der Waals surface area (Å²) >= 11 is 5.75. The molecule has 4 heteroatoms. The minimum atomic E-state index is 0.0840. The summed E-state index contributed by atoms with van der Waals surface area (Å²) in [7, 11) is 0. The zero-order valence-electron chi connectivity index (χ0n) is 8.69. The Bertz CT molecular complexity index is 453. The fourth-order valence-electron chi connectivity index (χ4n) is 1.88. The van der Waals surface area contributed by atoms with Gasteiger partial charge in [-0.1, -0.05) is 6.07 Å². The molecule has 1 aliphatic rings. The number of amides is 1. The van der Waals surface area contributed by atoms with Crippen molar-refractivity contribution in [2.75, 3.05) is 17.3 Å². The molecule has 1 unspecified atom stereocenters. The van der Waals surface area contributed by atoms with Crippen molar-refractivity contribution in [1.82, 2.24) is 0 Å². The zero-order valence-corrected chi connectivity index (χ0v) is 9.44. The van der Waals surface area contributed by atoms with Crippen LogP contribution in [0.25, 0.3) is 0 Å². The van der Waals surface area contributed by atoms with Crippen LogP contribution in [-0.2, 0) is 4.79 Å². The molecular formula is C12H11ClN2O. The van der Waals surface area contributed by atoms with Gasteiger partial charge in [-0.05, 0) is 24.1 Å². The number of anilines is 1. The number of hydrogen-bond acceptors (Lipinski definition) is 2. The largest absolute Gasteiger partial charge is 0.312 e. The van der Waals surface area contributed by atoms with E-state index in [0.717, 1.165) is 5.69 Å². The van der Waals surface area contributed by atoms with Crippen molar-refractivity contribution in [3.63, 3.8) is 0 Å². The number of carbonyl (C=O) groups is 1. The highest BCUT2D eigenvalue weighted by Crippen LogP contribution is 2.26. The van der Waals surface area contributed by atoms with Gasteiger partial charge in [-0.3, -0.25) is 4.79 Å². The first-order valence-corrected chi connectivity index (χ1v) is 5.64. The van der Waals surface area contributed by atoms with E-state index in [1.54, 1.807) is 23.1 Å². The molecule has 1 fully saturated rings. The van der Waals surface area contributed by atoms with Crippen LogP contribution in [0, 0.1) is 17.2 Å². The maximum absolute atomic E-state index is 11.7. The molecule has 1 aromatic rings. The molecule has 0 spiro atoms. The Hall–Kier alpha value is -1.53. The van der Waals surface area contributed by atoms with Crippen molar-refractivity contribution in [3.05, 3.63) is 29.8 Å². The highest BCUT2D eigenvalue weighted by molar-refractivity contribution is 6.18. The van der Waals surface area contributed by atoms with E-state index in [1.165, 1.54) is 0 Å². The third-order valence-electron chi connectivity index (χ3n) is 2.71. The Balaban J connectivity index is 2.25. The van der Waals surface area contributed by atoms with Crippen molar-refractivity contribution < 1.29 is 4.79 Å². The molecule has 16 heavy (non-hydrogen) atoms. The Morgan fingerprint density at radius 2 is 2.38 bits per heavy atom. The standard InChI is InChI=1S/C12H11ClN2O/c13-6-10-5-12(16)15(8-10)11-3-1-2-9(4-11)7-14/h1-4,10H,5-6,8H2. The van der Waals surface area contributed by atoms with E-state index in [2.05, 4.69) is 6.07 Å². The molecule has 0 N–H and O–H groups in total. The summed E-state index contributed by atoms with van der Waals surface area (Å²) in [4.78, 5) is 13.4. The van der Waals surface area contributed by atoms with Crippen LogP contribution in [0.4, 0.5) is 5.69 Å². The van der Waals surface area contributed by atoms with Gasteiger partial charge in [0.25, 0.3) is 0 Å². The third kappa shape index (κ3) is 2.02. The molecule has 1 aromatic carbocycles. The number of alkyl halides is 1. The van der Waals surface area contributed by atoms with Gasteiger partial charge in [-0.25, -0.2) is 0 Å². The summed E-state index contributed by atoms with van der Waals surface area (Å²) in [6.07, 6.45) is 0.500. The van der Waals surface area contributed by atoms with Gasteiger partial charge in [0.05, 0.1) is 11.6 Å². The van der Waals surface area contributed by atoms with E-state index in [0.29, 0.717) is 24.4 Å².